The number of nitrogens with two attached hydrogens (primary N) is 1. The molecule has 0 saturated heterocycles. The Morgan fingerprint density at radius 3 is 2.12 bits per heavy atom. The lowest BCUT2D eigenvalue weighted by atomic mass is 10.2. The summed E-state index contributed by atoms with van der Waals surface area (Å²) in [6.45, 7) is 0. The molecule has 17 heavy (non-hydrogen) atoms. The van der Waals surface area contributed by atoms with Crippen molar-refractivity contribution in [2.45, 2.75) is 0 Å². The Morgan fingerprint density at radius 2 is 1.47 bits per heavy atom. The molecule has 0 aliphatic heterocycles. The Hall–Kier alpha value is -2.16. The van der Waals surface area contributed by atoms with Crippen molar-refractivity contribution in [2.75, 3.05) is 30.0 Å². The lowest BCUT2D eigenvalue weighted by Crippen LogP contribution is -2.11. The Balaban J connectivity index is 2.34. The van der Waals surface area contributed by atoms with E-state index < -0.39 is 0 Å². The zero-order valence-electron chi connectivity index (χ0n) is 10.1. The van der Waals surface area contributed by atoms with Gasteiger partial charge in [-0.15, -0.1) is 0 Å². The Morgan fingerprint density at radius 1 is 0.882 bits per heavy atom. The molecule has 0 amide bonds. The van der Waals surface area contributed by atoms with E-state index in [9.17, 15) is 0 Å². The summed E-state index contributed by atoms with van der Waals surface area (Å²) in [5.41, 5.74) is 9.79. The van der Waals surface area contributed by atoms with Crippen LogP contribution in [0.25, 0.3) is 0 Å². The molecule has 0 atom stereocenters. The number of nitrogens with one attached hydrogen (secondary N) is 1. The number of hydrogen-bond donors (Lipinski definition) is 2. The third-order valence-electron chi connectivity index (χ3n) is 2.62. The molecule has 2 aromatic rings. The van der Waals surface area contributed by atoms with Crippen molar-refractivity contribution in [1.82, 2.24) is 0 Å². The van der Waals surface area contributed by atoms with Crippen LogP contribution in [0.3, 0.4) is 0 Å². The second-order valence-corrected chi connectivity index (χ2v) is 4.12. The molecule has 2 aromatic carbocycles. The van der Waals surface area contributed by atoms with Crippen LogP contribution in [0, 0.1) is 0 Å². The SMILES string of the molecule is CN(C)c1ccccc1Nc1ccccc1N. The lowest BCUT2D eigenvalue weighted by molar-refractivity contribution is 1.13. The van der Waals surface area contributed by atoms with Crippen LogP contribution >= 0.6 is 0 Å². The van der Waals surface area contributed by atoms with E-state index in [1.807, 2.05) is 56.6 Å². The van der Waals surface area contributed by atoms with Gasteiger partial charge in [0.05, 0.1) is 22.7 Å². The van der Waals surface area contributed by atoms with Crippen LogP contribution in [-0.4, -0.2) is 14.1 Å². The minimum absolute atomic E-state index is 0.751. The minimum Gasteiger partial charge on any atom is -0.397 e. The number of para-hydroxylation sites is 4. The van der Waals surface area contributed by atoms with Gasteiger partial charge in [0, 0.05) is 14.1 Å². The van der Waals surface area contributed by atoms with Gasteiger partial charge in [-0.25, -0.2) is 0 Å². The molecule has 0 aromatic heterocycles. The smallest absolute Gasteiger partial charge is 0.0622 e. The van der Waals surface area contributed by atoms with Crippen LogP contribution < -0.4 is 16.0 Å². The summed E-state index contributed by atoms with van der Waals surface area (Å²) in [5, 5.41) is 3.36. The predicted octanol–water partition coefficient (Wildman–Crippen LogP) is 3.08. The van der Waals surface area contributed by atoms with E-state index in [2.05, 4.69) is 16.3 Å². The highest BCUT2D eigenvalue weighted by Crippen LogP contribution is 2.29. The van der Waals surface area contributed by atoms with Crippen LogP contribution in [0.2, 0.25) is 0 Å². The van der Waals surface area contributed by atoms with Gasteiger partial charge < -0.3 is 16.0 Å². The second kappa shape index (κ2) is 4.78. The summed E-state index contributed by atoms with van der Waals surface area (Å²) in [7, 11) is 4.05. The van der Waals surface area contributed by atoms with E-state index in [0.717, 1.165) is 22.7 Å². The van der Waals surface area contributed by atoms with Gasteiger partial charge in [0.15, 0.2) is 0 Å². The molecule has 0 aliphatic rings. The summed E-state index contributed by atoms with van der Waals surface area (Å²) in [4.78, 5) is 2.07. The quantitative estimate of drug-likeness (QED) is 0.792. The first-order chi connectivity index (χ1) is 8.18. The first-order valence-corrected chi connectivity index (χ1v) is 5.56. The zero-order valence-corrected chi connectivity index (χ0v) is 10.1. The van der Waals surface area contributed by atoms with Crippen molar-refractivity contribution in [1.29, 1.82) is 0 Å². The van der Waals surface area contributed by atoms with Crippen LogP contribution in [0.5, 0.6) is 0 Å². The maximum atomic E-state index is 5.92. The highest BCUT2D eigenvalue weighted by molar-refractivity contribution is 5.79. The van der Waals surface area contributed by atoms with Crippen molar-refractivity contribution in [3.63, 3.8) is 0 Å². The molecule has 3 N–H and O–H groups in total. The standard InChI is InChI=1S/C14H17N3/c1-17(2)14-10-6-5-9-13(14)16-12-8-4-3-7-11(12)15/h3-10,16H,15H2,1-2H3. The first kappa shape index (κ1) is 11.3. The fourth-order valence-corrected chi connectivity index (χ4v) is 1.73. The van der Waals surface area contributed by atoms with Gasteiger partial charge >= 0.3 is 0 Å². The fourth-order valence-electron chi connectivity index (χ4n) is 1.73. The molecule has 0 bridgehead atoms. The van der Waals surface area contributed by atoms with Gasteiger partial charge in [0.25, 0.3) is 0 Å². The van der Waals surface area contributed by atoms with E-state index in [1.165, 1.54) is 0 Å². The van der Waals surface area contributed by atoms with Crippen LogP contribution in [-0.2, 0) is 0 Å². The summed E-state index contributed by atoms with van der Waals surface area (Å²) in [5.74, 6) is 0. The van der Waals surface area contributed by atoms with Crippen molar-refractivity contribution >= 4 is 22.7 Å². The molecule has 0 heterocycles. The summed E-state index contributed by atoms with van der Waals surface area (Å²) in [6, 6.07) is 15.9. The van der Waals surface area contributed by atoms with Gasteiger partial charge in [0.1, 0.15) is 0 Å². The third kappa shape index (κ3) is 2.50. The second-order valence-electron chi connectivity index (χ2n) is 4.12. The van der Waals surface area contributed by atoms with Gasteiger partial charge in [-0.2, -0.15) is 0 Å². The monoisotopic (exact) mass is 227 g/mol. The Labute approximate surface area is 102 Å². The topological polar surface area (TPSA) is 41.3 Å². The Kier molecular flexibility index (Phi) is 3.19. The number of rotatable bonds is 3. The largest absolute Gasteiger partial charge is 0.397 e. The normalized spacial score (nSPS) is 10.0. The highest BCUT2D eigenvalue weighted by Gasteiger charge is 2.04. The highest BCUT2D eigenvalue weighted by atomic mass is 15.1. The van der Waals surface area contributed by atoms with Crippen LogP contribution in [0.4, 0.5) is 22.7 Å². The van der Waals surface area contributed by atoms with Crippen molar-refractivity contribution in [3.8, 4) is 0 Å². The Bertz CT molecular complexity index is 506. The third-order valence-corrected chi connectivity index (χ3v) is 2.62. The zero-order chi connectivity index (χ0) is 12.3. The minimum atomic E-state index is 0.751. The summed E-state index contributed by atoms with van der Waals surface area (Å²) < 4.78 is 0. The number of anilines is 4. The van der Waals surface area contributed by atoms with Crippen molar-refractivity contribution in [3.05, 3.63) is 48.5 Å². The van der Waals surface area contributed by atoms with E-state index in [0.29, 0.717) is 0 Å². The molecule has 0 spiro atoms. The lowest BCUT2D eigenvalue weighted by Gasteiger charge is -2.19. The number of nitrogen functional groups attached to an aromatic ring is 1. The van der Waals surface area contributed by atoms with E-state index >= 15 is 0 Å². The molecule has 3 heteroatoms. The van der Waals surface area contributed by atoms with Gasteiger partial charge in [-0.1, -0.05) is 24.3 Å². The van der Waals surface area contributed by atoms with Crippen molar-refractivity contribution in [2.24, 2.45) is 0 Å². The molecule has 3 nitrogen and oxygen atoms in total. The fraction of sp³-hybridized carbons (Fsp3) is 0.143. The molecular weight excluding hydrogens is 210 g/mol. The number of hydrogen-bond acceptors (Lipinski definition) is 3. The van der Waals surface area contributed by atoms with Crippen LogP contribution in [0.1, 0.15) is 0 Å². The summed E-state index contributed by atoms with van der Waals surface area (Å²) >= 11 is 0. The van der Waals surface area contributed by atoms with E-state index in [4.69, 9.17) is 5.73 Å². The van der Waals surface area contributed by atoms with E-state index in [1.54, 1.807) is 0 Å². The van der Waals surface area contributed by atoms with Gasteiger partial charge in [0.2, 0.25) is 0 Å². The molecule has 0 fully saturated rings. The predicted molar refractivity (Wildman–Crippen MR) is 74.9 cm³/mol. The molecular formula is C14H17N3. The summed E-state index contributed by atoms with van der Waals surface area (Å²) in [6.07, 6.45) is 0. The number of benzene rings is 2. The van der Waals surface area contributed by atoms with Gasteiger partial charge in [-0.05, 0) is 24.3 Å². The average Bonchev–Trinajstić information content (AvgIpc) is 2.32. The van der Waals surface area contributed by atoms with Crippen molar-refractivity contribution < 1.29 is 0 Å². The maximum Gasteiger partial charge on any atom is 0.0622 e. The maximum absolute atomic E-state index is 5.92. The first-order valence-electron chi connectivity index (χ1n) is 5.56. The van der Waals surface area contributed by atoms with E-state index in [-0.39, 0.29) is 0 Å². The molecule has 0 radical (unpaired) electrons. The molecule has 0 aliphatic carbocycles. The molecule has 88 valence electrons. The molecule has 2 rings (SSSR count). The number of nitrogens with zero attached hydrogens (tertiary/aromatic N) is 1. The molecule has 0 unspecified atom stereocenters. The molecule has 0 saturated carbocycles. The van der Waals surface area contributed by atoms with Crippen LogP contribution in [0.15, 0.2) is 48.5 Å². The van der Waals surface area contributed by atoms with Gasteiger partial charge in [-0.3, -0.25) is 0 Å². The average molecular weight is 227 g/mol.